The molecule has 2 rings (SSSR count). The molecule has 1 aromatic heterocycles. The second-order valence-corrected chi connectivity index (χ2v) is 8.86. The van der Waals surface area contributed by atoms with Crippen molar-refractivity contribution in [1.29, 1.82) is 0 Å². The Morgan fingerprint density at radius 2 is 1.77 bits per heavy atom. The Hall–Kier alpha value is -3.27. The first-order valence-corrected chi connectivity index (χ1v) is 11.0. The smallest absolute Gasteiger partial charge is 0.303 e. The molecule has 0 unspecified atom stereocenters. The van der Waals surface area contributed by atoms with Gasteiger partial charge in [0.25, 0.3) is 20.2 Å². The average Bonchev–Trinajstić information content (AvgIpc) is 2.65. The van der Waals surface area contributed by atoms with E-state index in [1.54, 1.807) is 0 Å². The number of aliphatic carboxylic acids is 1. The minimum absolute atomic E-state index is 0.0724. The summed E-state index contributed by atoms with van der Waals surface area (Å²) in [6, 6.07) is 2.00. The molecule has 0 spiro atoms. The summed E-state index contributed by atoms with van der Waals surface area (Å²) in [5, 5.41) is 26.1. The second-order valence-electron chi connectivity index (χ2n) is 6.05. The molecule has 1 aromatic carbocycles. The molecular weight excluding hydrogens is 458 g/mol. The Bertz CT molecular complexity index is 1300. The zero-order valence-corrected chi connectivity index (χ0v) is 17.3. The van der Waals surface area contributed by atoms with Crippen LogP contribution in [0.15, 0.2) is 38.2 Å². The molecule has 4 N–H and O–H groups in total. The maximum atomic E-state index is 11.6. The number of aromatic hydroxyl groups is 1. The normalized spacial score (nSPS) is 12.2. The minimum Gasteiger partial charge on any atom is -0.505 e. The summed E-state index contributed by atoms with van der Waals surface area (Å²) in [4.78, 5) is 24.6. The Kier molecular flexibility index (Phi) is 6.85. The van der Waals surface area contributed by atoms with Gasteiger partial charge in [0.15, 0.2) is 12.1 Å². The highest BCUT2D eigenvalue weighted by Crippen LogP contribution is 2.33. The predicted octanol–water partition coefficient (Wildman–Crippen LogP) is 1.83. The third kappa shape index (κ3) is 5.66. The van der Waals surface area contributed by atoms with Gasteiger partial charge in [-0.2, -0.15) is 16.8 Å². The van der Waals surface area contributed by atoms with E-state index in [0.717, 1.165) is 0 Å². The lowest BCUT2D eigenvalue weighted by atomic mass is 10.0. The van der Waals surface area contributed by atoms with Gasteiger partial charge in [-0.05, 0) is 31.5 Å². The van der Waals surface area contributed by atoms with E-state index in [-0.39, 0.29) is 35.3 Å². The number of rotatable bonds is 8. The van der Waals surface area contributed by atoms with Crippen molar-refractivity contribution in [2.75, 3.05) is 0 Å². The third-order valence-corrected chi connectivity index (χ3v) is 5.68. The van der Waals surface area contributed by atoms with Gasteiger partial charge in [0, 0.05) is 12.0 Å². The molecule has 0 aliphatic carbocycles. The number of nitrogens with zero attached hydrogens (tertiary/aromatic N) is 3. The number of aldehydes is 1. The molecule has 15 heteroatoms. The van der Waals surface area contributed by atoms with Crippen molar-refractivity contribution >= 4 is 44.0 Å². The fourth-order valence-corrected chi connectivity index (χ4v) is 3.59. The number of benzene rings is 1. The number of hydrogen-bond donors (Lipinski definition) is 4. The van der Waals surface area contributed by atoms with Crippen molar-refractivity contribution in [3.63, 3.8) is 0 Å². The Labute approximate surface area is 175 Å². The largest absolute Gasteiger partial charge is 0.505 e. The first kappa shape index (κ1) is 24.0. The zero-order valence-electron chi connectivity index (χ0n) is 15.6. The second kappa shape index (κ2) is 8.84. The molecule has 0 radical (unpaired) electrons. The number of pyridine rings is 1. The molecule has 0 saturated heterocycles. The van der Waals surface area contributed by atoms with E-state index in [4.69, 9.17) is 9.66 Å². The quantitative estimate of drug-likeness (QED) is 0.246. The number of carbonyl (C=O) groups is 2. The maximum Gasteiger partial charge on any atom is 0.303 e. The fourth-order valence-electron chi connectivity index (χ4n) is 2.48. The molecule has 2 aromatic rings. The molecular formula is C16H15N3O10S2. The molecule has 0 fully saturated rings. The molecule has 0 aliphatic rings. The van der Waals surface area contributed by atoms with Crippen molar-refractivity contribution in [2.45, 2.75) is 29.6 Å². The van der Waals surface area contributed by atoms with E-state index < -0.39 is 53.9 Å². The molecule has 0 amide bonds. The van der Waals surface area contributed by atoms with E-state index in [0.29, 0.717) is 18.2 Å². The van der Waals surface area contributed by atoms with E-state index in [1.165, 1.54) is 6.92 Å². The summed E-state index contributed by atoms with van der Waals surface area (Å²) < 4.78 is 64.2. The standard InChI is InChI=1S/C16H15N3O10S2/c1-8-15(23)11(7-20)10(3-5-14(21)22)16(17-8)19-18-12-6-9(30(24,25)26)2-4-13(12)31(27,28)29/h2,4,6-7,23H,3,5H2,1H3,(H,21,22)(H,24,25,26)(H,27,28,29)/b19-18+. The van der Waals surface area contributed by atoms with Crippen LogP contribution < -0.4 is 0 Å². The van der Waals surface area contributed by atoms with Gasteiger partial charge in [-0.1, -0.05) is 0 Å². The minimum atomic E-state index is -4.88. The van der Waals surface area contributed by atoms with Crippen molar-refractivity contribution in [2.24, 2.45) is 10.2 Å². The zero-order chi connectivity index (χ0) is 23.6. The Balaban J connectivity index is 2.73. The van der Waals surface area contributed by atoms with Crippen LogP contribution in [0, 0.1) is 6.92 Å². The topological polar surface area (TPSA) is 221 Å². The van der Waals surface area contributed by atoms with Crippen LogP contribution in [0.5, 0.6) is 5.75 Å². The Morgan fingerprint density at radius 1 is 1.13 bits per heavy atom. The van der Waals surface area contributed by atoms with Gasteiger partial charge in [0.05, 0.1) is 16.2 Å². The summed E-state index contributed by atoms with van der Waals surface area (Å²) in [7, 11) is -9.64. The molecule has 13 nitrogen and oxygen atoms in total. The van der Waals surface area contributed by atoms with Gasteiger partial charge in [0.2, 0.25) is 0 Å². The van der Waals surface area contributed by atoms with Gasteiger partial charge >= 0.3 is 5.97 Å². The Morgan fingerprint density at radius 3 is 2.29 bits per heavy atom. The summed E-state index contributed by atoms with van der Waals surface area (Å²) in [5.74, 6) is -2.09. The highest BCUT2D eigenvalue weighted by molar-refractivity contribution is 7.86. The molecule has 0 bridgehead atoms. The number of aryl methyl sites for hydroxylation is 1. The van der Waals surface area contributed by atoms with Gasteiger partial charge in [-0.15, -0.1) is 10.2 Å². The SMILES string of the molecule is Cc1nc(/N=N/c2cc(S(=O)(=O)O)ccc2S(=O)(=O)O)c(CCC(=O)O)c(C=O)c1O. The lowest BCUT2D eigenvalue weighted by molar-refractivity contribution is -0.136. The summed E-state index contributed by atoms with van der Waals surface area (Å²) in [6.45, 7) is 1.31. The van der Waals surface area contributed by atoms with Crippen LogP contribution in [0.25, 0.3) is 0 Å². The number of aromatic nitrogens is 1. The van der Waals surface area contributed by atoms with Crippen LogP contribution in [-0.2, 0) is 31.5 Å². The highest BCUT2D eigenvalue weighted by atomic mass is 32.2. The first-order chi connectivity index (χ1) is 14.3. The summed E-state index contributed by atoms with van der Waals surface area (Å²) in [5.41, 5.74) is -1.17. The van der Waals surface area contributed by atoms with E-state index in [2.05, 4.69) is 15.2 Å². The number of azo groups is 1. The molecule has 0 aliphatic heterocycles. The van der Waals surface area contributed by atoms with Crippen LogP contribution in [0.4, 0.5) is 11.5 Å². The lowest BCUT2D eigenvalue weighted by Gasteiger charge is -2.10. The molecule has 0 atom stereocenters. The van der Waals surface area contributed by atoms with E-state index >= 15 is 0 Å². The van der Waals surface area contributed by atoms with E-state index in [9.17, 15) is 36.1 Å². The highest BCUT2D eigenvalue weighted by Gasteiger charge is 2.21. The summed E-state index contributed by atoms with van der Waals surface area (Å²) >= 11 is 0. The van der Waals surface area contributed by atoms with Gasteiger partial charge in [-0.3, -0.25) is 18.7 Å². The van der Waals surface area contributed by atoms with Crippen molar-refractivity contribution < 1.29 is 45.7 Å². The number of hydrogen-bond acceptors (Lipinski definition) is 10. The lowest BCUT2D eigenvalue weighted by Crippen LogP contribution is -2.04. The van der Waals surface area contributed by atoms with Gasteiger partial charge < -0.3 is 10.2 Å². The van der Waals surface area contributed by atoms with Crippen LogP contribution in [0.1, 0.15) is 28.0 Å². The fraction of sp³-hybridized carbons (Fsp3) is 0.188. The van der Waals surface area contributed by atoms with Crippen molar-refractivity contribution in [3.8, 4) is 5.75 Å². The van der Waals surface area contributed by atoms with Crippen LogP contribution in [-0.4, -0.2) is 53.4 Å². The monoisotopic (exact) mass is 473 g/mol. The number of carboxylic acids is 1. The van der Waals surface area contributed by atoms with Gasteiger partial charge in [-0.25, -0.2) is 4.98 Å². The van der Waals surface area contributed by atoms with Crippen LogP contribution in [0.3, 0.4) is 0 Å². The number of carbonyl (C=O) groups excluding carboxylic acids is 1. The molecule has 1 heterocycles. The average molecular weight is 473 g/mol. The summed E-state index contributed by atoms with van der Waals surface area (Å²) in [6.07, 6.45) is -0.514. The van der Waals surface area contributed by atoms with Gasteiger partial charge in [0.1, 0.15) is 16.3 Å². The van der Waals surface area contributed by atoms with Crippen LogP contribution in [0.2, 0.25) is 0 Å². The first-order valence-electron chi connectivity index (χ1n) is 8.16. The van der Waals surface area contributed by atoms with Crippen LogP contribution >= 0.6 is 0 Å². The third-order valence-electron chi connectivity index (χ3n) is 3.93. The predicted molar refractivity (Wildman–Crippen MR) is 102 cm³/mol. The van der Waals surface area contributed by atoms with Crippen molar-refractivity contribution in [3.05, 3.63) is 35.0 Å². The maximum absolute atomic E-state index is 11.6. The molecule has 166 valence electrons. The van der Waals surface area contributed by atoms with E-state index in [1.807, 2.05) is 0 Å². The molecule has 31 heavy (non-hydrogen) atoms. The number of carboxylic acid groups (broad SMARTS) is 1. The molecule has 0 saturated carbocycles. The van der Waals surface area contributed by atoms with Crippen molar-refractivity contribution in [1.82, 2.24) is 4.98 Å².